The van der Waals surface area contributed by atoms with Gasteiger partial charge in [0.15, 0.2) is 0 Å². The third-order valence-corrected chi connectivity index (χ3v) is 2.34. The monoisotopic (exact) mass is 172 g/mol. The van der Waals surface area contributed by atoms with Crippen LogP contribution in [0.4, 0.5) is 0 Å². The summed E-state index contributed by atoms with van der Waals surface area (Å²) in [6.07, 6.45) is 3.24. The SMILES string of the molecule is CCCNCC(O)C1CCCN1. The molecule has 0 aromatic carbocycles. The molecular weight excluding hydrogens is 152 g/mol. The van der Waals surface area contributed by atoms with Crippen LogP contribution in [0.5, 0.6) is 0 Å². The normalized spacial score (nSPS) is 26.0. The number of hydrogen-bond donors (Lipinski definition) is 3. The standard InChI is InChI=1S/C9H20N2O/c1-2-5-10-7-9(12)8-4-3-6-11-8/h8-12H,2-7H2,1H3. The second kappa shape index (κ2) is 5.51. The molecule has 1 aliphatic heterocycles. The Morgan fingerprint density at radius 1 is 1.67 bits per heavy atom. The van der Waals surface area contributed by atoms with Crippen LogP contribution in [0.25, 0.3) is 0 Å². The fraction of sp³-hybridized carbons (Fsp3) is 1.00. The highest BCUT2D eigenvalue weighted by atomic mass is 16.3. The van der Waals surface area contributed by atoms with Crippen LogP contribution in [0.3, 0.4) is 0 Å². The first kappa shape index (κ1) is 9.96. The first-order valence-electron chi connectivity index (χ1n) is 4.96. The smallest absolute Gasteiger partial charge is 0.0817 e. The lowest BCUT2D eigenvalue weighted by molar-refractivity contribution is 0.134. The van der Waals surface area contributed by atoms with Gasteiger partial charge in [-0.15, -0.1) is 0 Å². The van der Waals surface area contributed by atoms with Crippen LogP contribution in [-0.4, -0.2) is 36.9 Å². The molecule has 0 aliphatic carbocycles. The van der Waals surface area contributed by atoms with E-state index in [0.29, 0.717) is 6.04 Å². The maximum atomic E-state index is 9.65. The molecule has 0 amide bonds. The molecule has 1 rings (SSSR count). The van der Waals surface area contributed by atoms with E-state index in [1.54, 1.807) is 0 Å². The minimum absolute atomic E-state index is 0.209. The molecule has 1 fully saturated rings. The highest BCUT2D eigenvalue weighted by Crippen LogP contribution is 2.08. The third-order valence-electron chi connectivity index (χ3n) is 2.34. The van der Waals surface area contributed by atoms with Crippen LogP contribution in [0.15, 0.2) is 0 Å². The lowest BCUT2D eigenvalue weighted by atomic mass is 10.1. The Balaban J connectivity index is 2.05. The Morgan fingerprint density at radius 3 is 3.08 bits per heavy atom. The van der Waals surface area contributed by atoms with E-state index < -0.39 is 0 Å². The zero-order valence-electron chi connectivity index (χ0n) is 7.84. The summed E-state index contributed by atoms with van der Waals surface area (Å²) in [4.78, 5) is 0. The summed E-state index contributed by atoms with van der Waals surface area (Å²) in [7, 11) is 0. The minimum atomic E-state index is -0.209. The van der Waals surface area contributed by atoms with E-state index in [9.17, 15) is 5.11 Å². The van der Waals surface area contributed by atoms with Gasteiger partial charge in [-0.1, -0.05) is 6.92 Å². The summed E-state index contributed by atoms with van der Waals surface area (Å²) >= 11 is 0. The Labute approximate surface area is 74.5 Å². The highest BCUT2D eigenvalue weighted by Gasteiger charge is 2.21. The van der Waals surface area contributed by atoms with Crippen molar-refractivity contribution in [3.63, 3.8) is 0 Å². The van der Waals surface area contributed by atoms with Crippen molar-refractivity contribution in [1.82, 2.24) is 10.6 Å². The molecule has 0 aromatic rings. The van der Waals surface area contributed by atoms with Crippen molar-refractivity contribution in [2.75, 3.05) is 19.6 Å². The van der Waals surface area contributed by atoms with Gasteiger partial charge < -0.3 is 15.7 Å². The van der Waals surface area contributed by atoms with E-state index in [1.807, 2.05) is 0 Å². The van der Waals surface area contributed by atoms with Crippen LogP contribution in [0.2, 0.25) is 0 Å². The number of aliphatic hydroxyl groups is 1. The van der Waals surface area contributed by atoms with Crippen molar-refractivity contribution < 1.29 is 5.11 Å². The molecule has 0 radical (unpaired) electrons. The fourth-order valence-corrected chi connectivity index (χ4v) is 1.61. The van der Waals surface area contributed by atoms with E-state index in [4.69, 9.17) is 0 Å². The van der Waals surface area contributed by atoms with Crippen LogP contribution < -0.4 is 10.6 Å². The summed E-state index contributed by atoms with van der Waals surface area (Å²) in [5.74, 6) is 0. The van der Waals surface area contributed by atoms with E-state index in [2.05, 4.69) is 17.6 Å². The Morgan fingerprint density at radius 2 is 2.50 bits per heavy atom. The summed E-state index contributed by atoms with van der Waals surface area (Å²) in [6.45, 7) is 4.93. The van der Waals surface area contributed by atoms with Gasteiger partial charge in [0, 0.05) is 12.6 Å². The molecule has 1 heterocycles. The summed E-state index contributed by atoms with van der Waals surface area (Å²) < 4.78 is 0. The minimum Gasteiger partial charge on any atom is -0.390 e. The number of aliphatic hydroxyl groups excluding tert-OH is 1. The topological polar surface area (TPSA) is 44.3 Å². The molecule has 0 spiro atoms. The second-order valence-corrected chi connectivity index (χ2v) is 3.47. The maximum Gasteiger partial charge on any atom is 0.0817 e. The van der Waals surface area contributed by atoms with E-state index in [0.717, 1.165) is 32.5 Å². The van der Waals surface area contributed by atoms with Crippen LogP contribution >= 0.6 is 0 Å². The van der Waals surface area contributed by atoms with Gasteiger partial charge in [-0.25, -0.2) is 0 Å². The van der Waals surface area contributed by atoms with Crippen LogP contribution in [0, 0.1) is 0 Å². The van der Waals surface area contributed by atoms with Gasteiger partial charge in [-0.3, -0.25) is 0 Å². The van der Waals surface area contributed by atoms with E-state index >= 15 is 0 Å². The lowest BCUT2D eigenvalue weighted by Crippen LogP contribution is -2.41. The van der Waals surface area contributed by atoms with Crippen LogP contribution in [0.1, 0.15) is 26.2 Å². The molecule has 0 bridgehead atoms. The molecule has 1 saturated heterocycles. The molecule has 3 nitrogen and oxygen atoms in total. The average Bonchev–Trinajstić information content (AvgIpc) is 2.56. The number of hydrogen-bond acceptors (Lipinski definition) is 3. The van der Waals surface area contributed by atoms with Gasteiger partial charge >= 0.3 is 0 Å². The second-order valence-electron chi connectivity index (χ2n) is 3.47. The maximum absolute atomic E-state index is 9.65. The van der Waals surface area contributed by atoms with E-state index in [-0.39, 0.29) is 6.10 Å². The van der Waals surface area contributed by atoms with Crippen molar-refractivity contribution in [2.24, 2.45) is 0 Å². The zero-order valence-corrected chi connectivity index (χ0v) is 7.84. The quantitative estimate of drug-likeness (QED) is 0.515. The van der Waals surface area contributed by atoms with E-state index in [1.165, 1.54) is 6.42 Å². The van der Waals surface area contributed by atoms with Gasteiger partial charge in [0.2, 0.25) is 0 Å². The Kier molecular flexibility index (Phi) is 4.58. The van der Waals surface area contributed by atoms with Gasteiger partial charge in [0.1, 0.15) is 0 Å². The Bertz CT molecular complexity index is 113. The Hall–Kier alpha value is -0.120. The highest BCUT2D eigenvalue weighted by molar-refractivity contribution is 4.82. The first-order valence-corrected chi connectivity index (χ1v) is 4.96. The molecule has 72 valence electrons. The predicted molar refractivity (Wildman–Crippen MR) is 50.2 cm³/mol. The predicted octanol–water partition coefficient (Wildman–Crippen LogP) is 0.0989. The molecule has 1 aliphatic rings. The first-order chi connectivity index (χ1) is 5.84. The van der Waals surface area contributed by atoms with Gasteiger partial charge in [0.25, 0.3) is 0 Å². The molecule has 0 aromatic heterocycles. The number of nitrogens with one attached hydrogen (secondary N) is 2. The average molecular weight is 172 g/mol. The van der Waals surface area contributed by atoms with Crippen molar-refractivity contribution >= 4 is 0 Å². The molecule has 3 heteroatoms. The molecule has 2 atom stereocenters. The molecule has 2 unspecified atom stereocenters. The fourth-order valence-electron chi connectivity index (χ4n) is 1.61. The molecule has 3 N–H and O–H groups in total. The lowest BCUT2D eigenvalue weighted by Gasteiger charge is -2.18. The van der Waals surface area contributed by atoms with Crippen molar-refractivity contribution in [2.45, 2.75) is 38.3 Å². The van der Waals surface area contributed by atoms with Gasteiger partial charge in [-0.05, 0) is 32.4 Å². The summed E-state index contributed by atoms with van der Waals surface area (Å²) in [5, 5.41) is 16.2. The third kappa shape index (κ3) is 3.09. The van der Waals surface area contributed by atoms with Crippen LogP contribution in [-0.2, 0) is 0 Å². The van der Waals surface area contributed by atoms with Gasteiger partial charge in [-0.2, -0.15) is 0 Å². The molecular formula is C9H20N2O. The number of rotatable bonds is 5. The van der Waals surface area contributed by atoms with Gasteiger partial charge in [0.05, 0.1) is 6.10 Å². The molecule has 0 saturated carbocycles. The largest absolute Gasteiger partial charge is 0.390 e. The zero-order chi connectivity index (χ0) is 8.81. The summed E-state index contributed by atoms with van der Waals surface area (Å²) in [5.41, 5.74) is 0. The van der Waals surface area contributed by atoms with Crippen molar-refractivity contribution in [3.05, 3.63) is 0 Å². The van der Waals surface area contributed by atoms with Crippen molar-refractivity contribution in [1.29, 1.82) is 0 Å². The van der Waals surface area contributed by atoms with Crippen molar-refractivity contribution in [3.8, 4) is 0 Å². The summed E-state index contributed by atoms with van der Waals surface area (Å²) in [6, 6.07) is 0.328. The molecule has 12 heavy (non-hydrogen) atoms.